The summed E-state index contributed by atoms with van der Waals surface area (Å²) in [5.41, 5.74) is 0. The van der Waals surface area contributed by atoms with Crippen LogP contribution in [0.25, 0.3) is 0 Å². The monoisotopic (exact) mass is 202 g/mol. The highest BCUT2D eigenvalue weighted by Crippen LogP contribution is 1.95. The van der Waals surface area contributed by atoms with Gasteiger partial charge >= 0.3 is 17.9 Å². The maximum Gasteiger partial charge on any atom is 0.324 e. The number of ether oxygens (including phenoxy) is 2. The Morgan fingerprint density at radius 3 is 2.14 bits per heavy atom. The lowest BCUT2D eigenvalue weighted by Gasteiger charge is -2.01. The van der Waals surface area contributed by atoms with Crippen LogP contribution in [0.15, 0.2) is 0 Å². The smallest absolute Gasteiger partial charge is 0.324 e. The van der Waals surface area contributed by atoms with Crippen LogP contribution in [-0.2, 0) is 23.9 Å². The molecule has 0 saturated carbocycles. The maximum absolute atomic E-state index is 10.9. The first kappa shape index (κ1) is 12.6. The molecule has 0 fully saturated rings. The Balaban J connectivity index is 3.75. The molecule has 0 aromatic carbocycles. The zero-order valence-electron chi connectivity index (χ0n) is 8.37. The third kappa shape index (κ3) is 6.16. The fourth-order valence-corrected chi connectivity index (χ4v) is 0.748. The summed E-state index contributed by atoms with van der Waals surface area (Å²) in [5.74, 6) is -2.15. The van der Waals surface area contributed by atoms with Gasteiger partial charge in [0.15, 0.2) is 0 Å². The van der Waals surface area contributed by atoms with Crippen molar-refractivity contribution in [2.75, 3.05) is 6.61 Å². The van der Waals surface area contributed by atoms with Gasteiger partial charge in [0.2, 0.25) is 0 Å². The minimum atomic E-state index is -0.859. The molecule has 0 unspecified atom stereocenters. The second-order valence-electron chi connectivity index (χ2n) is 2.58. The molecule has 0 aromatic heterocycles. The molecule has 14 heavy (non-hydrogen) atoms. The summed E-state index contributed by atoms with van der Waals surface area (Å²) >= 11 is 0. The largest absolute Gasteiger partial charge is 0.466 e. The van der Waals surface area contributed by atoms with Crippen molar-refractivity contribution >= 4 is 17.9 Å². The van der Waals surface area contributed by atoms with E-state index in [1.807, 2.05) is 0 Å². The molecule has 0 atom stereocenters. The summed E-state index contributed by atoms with van der Waals surface area (Å²) in [6.07, 6.45) is 0.267. The molecule has 0 aliphatic heterocycles. The van der Waals surface area contributed by atoms with Gasteiger partial charge in [0.25, 0.3) is 0 Å². The molecule has 5 heteroatoms. The average Bonchev–Trinajstić information content (AvgIpc) is 2.03. The topological polar surface area (TPSA) is 69.7 Å². The zero-order valence-corrected chi connectivity index (χ0v) is 8.37. The minimum Gasteiger partial charge on any atom is -0.466 e. The van der Waals surface area contributed by atoms with E-state index in [0.29, 0.717) is 6.42 Å². The van der Waals surface area contributed by atoms with E-state index in [9.17, 15) is 14.4 Å². The van der Waals surface area contributed by atoms with Gasteiger partial charge in [-0.1, -0.05) is 6.92 Å². The molecule has 0 radical (unpaired) electrons. The van der Waals surface area contributed by atoms with Gasteiger partial charge in [0, 0.05) is 6.42 Å². The molecule has 0 spiro atoms. The third-order valence-electron chi connectivity index (χ3n) is 1.28. The highest BCUT2D eigenvalue weighted by atomic mass is 16.6. The van der Waals surface area contributed by atoms with Crippen LogP contribution in [0.2, 0.25) is 0 Å². The van der Waals surface area contributed by atoms with E-state index in [1.165, 1.54) is 0 Å². The average molecular weight is 202 g/mol. The minimum absolute atomic E-state index is 0.175. The normalized spacial score (nSPS) is 9.29. The van der Waals surface area contributed by atoms with Gasteiger partial charge in [-0.25, -0.2) is 0 Å². The van der Waals surface area contributed by atoms with E-state index in [2.05, 4.69) is 9.47 Å². The molecular formula is C9H14O5. The summed E-state index contributed by atoms with van der Waals surface area (Å²) in [6, 6.07) is 0. The first-order valence-corrected chi connectivity index (χ1v) is 4.49. The first-order chi connectivity index (χ1) is 6.60. The number of carbonyl (C=O) groups is 3. The molecule has 0 heterocycles. The van der Waals surface area contributed by atoms with Crippen molar-refractivity contribution < 1.29 is 23.9 Å². The van der Waals surface area contributed by atoms with Gasteiger partial charge in [0.05, 0.1) is 6.61 Å². The Bertz CT molecular complexity index is 199. The van der Waals surface area contributed by atoms with E-state index in [0.717, 1.165) is 0 Å². The van der Waals surface area contributed by atoms with Gasteiger partial charge < -0.3 is 9.47 Å². The van der Waals surface area contributed by atoms with Crippen molar-refractivity contribution in [3.63, 3.8) is 0 Å². The van der Waals surface area contributed by atoms with Crippen LogP contribution in [0.3, 0.4) is 0 Å². The molecular weight excluding hydrogens is 188 g/mol. The summed E-state index contributed by atoms with van der Waals surface area (Å²) in [5, 5.41) is 0. The van der Waals surface area contributed by atoms with Crippen LogP contribution >= 0.6 is 0 Å². The third-order valence-corrected chi connectivity index (χ3v) is 1.28. The number of esters is 3. The van der Waals surface area contributed by atoms with Crippen molar-refractivity contribution in [2.24, 2.45) is 0 Å². The molecule has 0 aliphatic rings. The molecule has 0 rings (SSSR count). The zero-order chi connectivity index (χ0) is 11.0. The van der Waals surface area contributed by atoms with Crippen LogP contribution in [0.1, 0.15) is 33.1 Å². The Morgan fingerprint density at radius 2 is 1.64 bits per heavy atom. The van der Waals surface area contributed by atoms with Crippen LogP contribution < -0.4 is 0 Å². The van der Waals surface area contributed by atoms with E-state index < -0.39 is 24.3 Å². The summed E-state index contributed by atoms with van der Waals surface area (Å²) < 4.78 is 8.83. The molecule has 5 nitrogen and oxygen atoms in total. The van der Waals surface area contributed by atoms with Crippen LogP contribution in [0, 0.1) is 0 Å². The van der Waals surface area contributed by atoms with Crippen molar-refractivity contribution in [2.45, 2.75) is 33.1 Å². The maximum atomic E-state index is 10.9. The van der Waals surface area contributed by atoms with Crippen molar-refractivity contribution in [1.82, 2.24) is 0 Å². The van der Waals surface area contributed by atoms with Gasteiger partial charge in [0.1, 0.15) is 6.42 Å². The summed E-state index contributed by atoms with van der Waals surface area (Å²) in [4.78, 5) is 32.4. The van der Waals surface area contributed by atoms with Crippen LogP contribution in [-0.4, -0.2) is 24.5 Å². The van der Waals surface area contributed by atoms with Gasteiger partial charge in [-0.15, -0.1) is 0 Å². The van der Waals surface area contributed by atoms with E-state index in [-0.39, 0.29) is 13.0 Å². The van der Waals surface area contributed by atoms with Gasteiger partial charge in [-0.2, -0.15) is 0 Å². The van der Waals surface area contributed by atoms with Crippen molar-refractivity contribution in [3.05, 3.63) is 0 Å². The second kappa shape index (κ2) is 7.06. The van der Waals surface area contributed by atoms with Gasteiger partial charge in [-0.05, 0) is 13.3 Å². The number of hydrogen-bond donors (Lipinski definition) is 0. The molecule has 0 N–H and O–H groups in total. The predicted octanol–water partition coefficient (Wildman–Crippen LogP) is 0.809. The quantitative estimate of drug-likeness (QED) is 0.487. The lowest BCUT2D eigenvalue weighted by molar-refractivity contribution is -0.162. The lowest BCUT2D eigenvalue weighted by Crippen LogP contribution is -2.17. The van der Waals surface area contributed by atoms with Crippen LogP contribution in [0.4, 0.5) is 0 Å². The highest BCUT2D eigenvalue weighted by molar-refractivity contribution is 5.96. The second-order valence-corrected chi connectivity index (χ2v) is 2.58. The Morgan fingerprint density at radius 1 is 1.00 bits per heavy atom. The van der Waals surface area contributed by atoms with E-state index in [4.69, 9.17) is 0 Å². The first-order valence-electron chi connectivity index (χ1n) is 4.49. The van der Waals surface area contributed by atoms with Crippen LogP contribution in [0.5, 0.6) is 0 Å². The summed E-state index contributed by atoms with van der Waals surface area (Å²) in [6.45, 7) is 3.62. The molecule has 0 amide bonds. The summed E-state index contributed by atoms with van der Waals surface area (Å²) in [7, 11) is 0. The van der Waals surface area contributed by atoms with Gasteiger partial charge in [-0.3, -0.25) is 14.4 Å². The molecule has 0 saturated heterocycles. The SMILES string of the molecule is CCCC(=O)OC(=O)CC(=O)OCC. The Kier molecular flexibility index (Phi) is 6.36. The highest BCUT2D eigenvalue weighted by Gasteiger charge is 2.14. The standard InChI is InChI=1S/C9H14O5/c1-3-5-7(10)14-9(12)6-8(11)13-4-2/h3-6H2,1-2H3. The predicted molar refractivity (Wildman–Crippen MR) is 47.3 cm³/mol. The molecule has 0 aromatic rings. The number of hydrogen-bond acceptors (Lipinski definition) is 5. The Hall–Kier alpha value is -1.39. The molecule has 0 bridgehead atoms. The van der Waals surface area contributed by atoms with Crippen molar-refractivity contribution in [3.8, 4) is 0 Å². The van der Waals surface area contributed by atoms with E-state index >= 15 is 0 Å². The Labute approximate surface area is 82.4 Å². The number of carbonyl (C=O) groups excluding carboxylic acids is 3. The lowest BCUT2D eigenvalue weighted by atomic mass is 10.3. The van der Waals surface area contributed by atoms with E-state index in [1.54, 1.807) is 13.8 Å². The molecule has 0 aliphatic carbocycles. The fourth-order valence-electron chi connectivity index (χ4n) is 0.748. The fraction of sp³-hybridized carbons (Fsp3) is 0.667. The molecule has 80 valence electrons. The van der Waals surface area contributed by atoms with Crippen molar-refractivity contribution in [1.29, 1.82) is 0 Å². The number of rotatable bonds is 5.